The van der Waals surface area contributed by atoms with Gasteiger partial charge in [-0.2, -0.15) is 0 Å². The molecule has 0 saturated carbocycles. The van der Waals surface area contributed by atoms with Crippen LogP contribution >= 0.6 is 11.3 Å². The molecule has 2 amide bonds. The molecule has 0 bridgehead atoms. The molecule has 1 aromatic rings. The summed E-state index contributed by atoms with van der Waals surface area (Å²) in [5.41, 5.74) is 1.75. The van der Waals surface area contributed by atoms with Crippen LogP contribution in [0.1, 0.15) is 46.3 Å². The van der Waals surface area contributed by atoms with Gasteiger partial charge in [0.2, 0.25) is 5.91 Å². The molecule has 100 valence electrons. The highest BCUT2D eigenvalue weighted by molar-refractivity contribution is 7.14. The van der Waals surface area contributed by atoms with Gasteiger partial charge >= 0.3 is 0 Å². The van der Waals surface area contributed by atoms with Crippen molar-refractivity contribution in [1.82, 2.24) is 10.2 Å². The van der Waals surface area contributed by atoms with E-state index in [0.717, 1.165) is 10.4 Å². The molecule has 1 saturated heterocycles. The van der Waals surface area contributed by atoms with Crippen LogP contribution in [0.2, 0.25) is 0 Å². The molecule has 1 N–H and O–H groups in total. The first kappa shape index (κ1) is 12.4. The first-order valence-corrected chi connectivity index (χ1v) is 7.21. The van der Waals surface area contributed by atoms with Crippen molar-refractivity contribution in [3.05, 3.63) is 33.7 Å². The Kier molecular flexibility index (Phi) is 2.74. The standard InChI is InChI=1S/C14H16N2O2S/c1-7(2)11-5-9-6-16(14(18)12(9)19-11)10-4-8(3)15-13(10)17/h5,7,10H,3-4,6H2,1-2H3,(H,15,17). The van der Waals surface area contributed by atoms with Gasteiger partial charge in [0.1, 0.15) is 6.04 Å². The van der Waals surface area contributed by atoms with E-state index in [9.17, 15) is 9.59 Å². The van der Waals surface area contributed by atoms with Crippen LogP contribution in [0.5, 0.6) is 0 Å². The van der Waals surface area contributed by atoms with E-state index in [1.807, 2.05) is 0 Å². The van der Waals surface area contributed by atoms with Gasteiger partial charge in [-0.15, -0.1) is 11.3 Å². The maximum Gasteiger partial charge on any atom is 0.265 e. The summed E-state index contributed by atoms with van der Waals surface area (Å²) in [6.07, 6.45) is 0.524. The number of nitrogens with zero attached hydrogens (tertiary/aromatic N) is 1. The summed E-state index contributed by atoms with van der Waals surface area (Å²) in [4.78, 5) is 27.9. The topological polar surface area (TPSA) is 49.4 Å². The van der Waals surface area contributed by atoms with Crippen LogP contribution in [0.3, 0.4) is 0 Å². The van der Waals surface area contributed by atoms with Gasteiger partial charge in [0.25, 0.3) is 5.91 Å². The van der Waals surface area contributed by atoms with Crippen LogP contribution in [0, 0.1) is 0 Å². The van der Waals surface area contributed by atoms with E-state index in [1.165, 1.54) is 4.88 Å². The molecule has 0 spiro atoms. The number of fused-ring (bicyclic) bond motifs is 1. The van der Waals surface area contributed by atoms with Crippen LogP contribution in [-0.4, -0.2) is 22.8 Å². The van der Waals surface area contributed by atoms with Crippen molar-refractivity contribution in [2.24, 2.45) is 0 Å². The highest BCUT2D eigenvalue weighted by atomic mass is 32.1. The molecule has 1 unspecified atom stereocenters. The van der Waals surface area contributed by atoms with Crippen molar-refractivity contribution in [3.8, 4) is 0 Å². The second kappa shape index (κ2) is 4.20. The first-order chi connectivity index (χ1) is 8.97. The molecule has 0 aromatic carbocycles. The molecule has 4 nitrogen and oxygen atoms in total. The Balaban J connectivity index is 1.86. The van der Waals surface area contributed by atoms with Crippen molar-refractivity contribution in [2.75, 3.05) is 0 Å². The van der Waals surface area contributed by atoms with Gasteiger partial charge in [-0.3, -0.25) is 9.59 Å². The zero-order valence-electron chi connectivity index (χ0n) is 11.0. The van der Waals surface area contributed by atoms with E-state index >= 15 is 0 Å². The zero-order chi connectivity index (χ0) is 13.7. The van der Waals surface area contributed by atoms with E-state index < -0.39 is 0 Å². The molecule has 2 aliphatic heterocycles. The number of carbonyl (C=O) groups excluding carboxylic acids is 2. The van der Waals surface area contributed by atoms with Crippen LogP contribution in [-0.2, 0) is 11.3 Å². The molecule has 5 heteroatoms. The summed E-state index contributed by atoms with van der Waals surface area (Å²) >= 11 is 1.56. The minimum atomic E-state index is -0.387. The number of hydrogen-bond donors (Lipinski definition) is 1. The van der Waals surface area contributed by atoms with Crippen molar-refractivity contribution >= 4 is 23.2 Å². The van der Waals surface area contributed by atoms with Crippen molar-refractivity contribution in [1.29, 1.82) is 0 Å². The number of thiophene rings is 1. The predicted molar refractivity (Wildman–Crippen MR) is 74.0 cm³/mol. The summed E-state index contributed by atoms with van der Waals surface area (Å²) in [5, 5.41) is 2.69. The lowest BCUT2D eigenvalue weighted by Crippen LogP contribution is -2.40. The van der Waals surface area contributed by atoms with Gasteiger partial charge in [0, 0.05) is 23.5 Å². The lowest BCUT2D eigenvalue weighted by molar-refractivity contribution is -0.122. The average Bonchev–Trinajstić information content (AvgIpc) is 2.95. The lowest BCUT2D eigenvalue weighted by Gasteiger charge is -2.21. The third kappa shape index (κ3) is 1.89. The maximum atomic E-state index is 12.4. The van der Waals surface area contributed by atoms with E-state index in [4.69, 9.17) is 0 Å². The van der Waals surface area contributed by atoms with Crippen LogP contribution in [0.25, 0.3) is 0 Å². The predicted octanol–water partition coefficient (Wildman–Crippen LogP) is 2.23. The lowest BCUT2D eigenvalue weighted by atomic mass is 10.1. The molecule has 1 aromatic heterocycles. The largest absolute Gasteiger partial charge is 0.328 e. The van der Waals surface area contributed by atoms with Gasteiger partial charge < -0.3 is 10.2 Å². The number of nitrogens with one attached hydrogen (secondary N) is 1. The molecule has 3 rings (SSSR count). The number of carbonyl (C=O) groups is 2. The molecule has 1 atom stereocenters. The normalized spacial score (nSPS) is 22.4. The molecule has 0 aliphatic carbocycles. The number of amides is 2. The first-order valence-electron chi connectivity index (χ1n) is 6.39. The highest BCUT2D eigenvalue weighted by Gasteiger charge is 2.40. The van der Waals surface area contributed by atoms with E-state index in [-0.39, 0.29) is 17.9 Å². The van der Waals surface area contributed by atoms with Crippen molar-refractivity contribution in [2.45, 2.75) is 38.8 Å². The summed E-state index contributed by atoms with van der Waals surface area (Å²) in [5.74, 6) is 0.311. The second-order valence-corrected chi connectivity index (χ2v) is 6.49. The van der Waals surface area contributed by atoms with E-state index in [0.29, 0.717) is 24.6 Å². The molecule has 19 heavy (non-hydrogen) atoms. The maximum absolute atomic E-state index is 12.4. The summed E-state index contributed by atoms with van der Waals surface area (Å²) in [6, 6.07) is 1.71. The van der Waals surface area contributed by atoms with Crippen LogP contribution in [0.4, 0.5) is 0 Å². The number of hydrogen-bond acceptors (Lipinski definition) is 3. The van der Waals surface area contributed by atoms with Crippen LogP contribution in [0.15, 0.2) is 18.3 Å². The molecule has 3 heterocycles. The fourth-order valence-corrected chi connectivity index (χ4v) is 3.69. The number of rotatable bonds is 2. The minimum absolute atomic E-state index is 0.0123. The molecule has 0 radical (unpaired) electrons. The Hall–Kier alpha value is -1.62. The quantitative estimate of drug-likeness (QED) is 0.900. The third-order valence-electron chi connectivity index (χ3n) is 3.61. The SMILES string of the molecule is C=C1CC(N2Cc3cc(C(C)C)sc3C2=O)C(=O)N1. The monoisotopic (exact) mass is 276 g/mol. The third-order valence-corrected chi connectivity index (χ3v) is 5.08. The second-order valence-electron chi connectivity index (χ2n) is 5.40. The smallest absolute Gasteiger partial charge is 0.265 e. The Morgan fingerprint density at radius 3 is 2.74 bits per heavy atom. The van der Waals surface area contributed by atoms with Gasteiger partial charge in [-0.05, 0) is 17.5 Å². The Labute approximate surface area is 116 Å². The Morgan fingerprint density at radius 2 is 2.21 bits per heavy atom. The van der Waals surface area contributed by atoms with E-state index in [1.54, 1.807) is 16.2 Å². The average molecular weight is 276 g/mol. The van der Waals surface area contributed by atoms with Crippen molar-refractivity contribution in [3.63, 3.8) is 0 Å². The summed E-state index contributed by atoms with van der Waals surface area (Å²) in [7, 11) is 0. The van der Waals surface area contributed by atoms with Crippen molar-refractivity contribution < 1.29 is 9.59 Å². The minimum Gasteiger partial charge on any atom is -0.328 e. The van der Waals surface area contributed by atoms with Crippen LogP contribution < -0.4 is 5.32 Å². The fraction of sp³-hybridized carbons (Fsp3) is 0.429. The molecular formula is C14H16N2O2S. The molecule has 2 aliphatic rings. The van der Waals surface area contributed by atoms with Gasteiger partial charge in [-0.1, -0.05) is 20.4 Å². The van der Waals surface area contributed by atoms with Gasteiger partial charge in [0.15, 0.2) is 0 Å². The highest BCUT2D eigenvalue weighted by Crippen LogP contribution is 2.36. The Morgan fingerprint density at radius 1 is 1.47 bits per heavy atom. The van der Waals surface area contributed by atoms with Gasteiger partial charge in [-0.25, -0.2) is 0 Å². The molecule has 1 fully saturated rings. The summed E-state index contributed by atoms with van der Waals surface area (Å²) in [6.45, 7) is 8.55. The van der Waals surface area contributed by atoms with E-state index in [2.05, 4.69) is 31.8 Å². The fourth-order valence-electron chi connectivity index (χ4n) is 2.56. The molecular weight excluding hydrogens is 260 g/mol. The van der Waals surface area contributed by atoms with Gasteiger partial charge in [0.05, 0.1) is 4.88 Å². The Bertz CT molecular complexity index is 588. The zero-order valence-corrected chi connectivity index (χ0v) is 11.8. The summed E-state index contributed by atoms with van der Waals surface area (Å²) < 4.78 is 0.